The van der Waals surface area contributed by atoms with E-state index < -0.39 is 5.97 Å². The molecule has 0 unspecified atom stereocenters. The monoisotopic (exact) mass is 496 g/mol. The number of carboxylic acids is 1. The molecule has 0 aliphatic rings. The van der Waals surface area contributed by atoms with Crippen LogP contribution >= 0.6 is 11.6 Å². The molecule has 0 radical (unpaired) electrons. The lowest BCUT2D eigenvalue weighted by Crippen LogP contribution is -2.10. The topological polar surface area (TPSA) is 64.4 Å². The van der Waals surface area contributed by atoms with Crippen molar-refractivity contribution in [3.05, 3.63) is 107 Å². The van der Waals surface area contributed by atoms with Gasteiger partial charge in [0, 0.05) is 16.1 Å². The summed E-state index contributed by atoms with van der Waals surface area (Å²) >= 11 is 6.36. The van der Waals surface area contributed by atoms with Gasteiger partial charge in [-0.05, 0) is 90.3 Å². The zero-order valence-corrected chi connectivity index (χ0v) is 21.0. The van der Waals surface area contributed by atoms with Gasteiger partial charge in [0.05, 0.1) is 30.1 Å². The number of carboxylic acid groups (broad SMARTS) is 1. The molecule has 0 spiro atoms. The Hall–Kier alpha value is -4.09. The predicted molar refractivity (Wildman–Crippen MR) is 144 cm³/mol. The number of halogens is 1. The molecule has 5 nitrogen and oxygen atoms in total. The molecule has 0 aliphatic carbocycles. The lowest BCUT2D eigenvalue weighted by Gasteiger charge is -2.17. The Bertz CT molecular complexity index is 1570. The van der Waals surface area contributed by atoms with Crippen LogP contribution in [0, 0.1) is 6.92 Å². The van der Waals surface area contributed by atoms with E-state index >= 15 is 0 Å². The van der Waals surface area contributed by atoms with Crippen LogP contribution in [0.5, 0.6) is 5.75 Å². The van der Waals surface area contributed by atoms with Gasteiger partial charge in [-0.25, -0.2) is 4.79 Å². The van der Waals surface area contributed by atoms with Crippen LogP contribution < -0.4 is 4.74 Å². The first-order chi connectivity index (χ1) is 17.3. The van der Waals surface area contributed by atoms with Crippen molar-refractivity contribution in [2.75, 3.05) is 7.11 Å². The Morgan fingerprint density at radius 3 is 2.33 bits per heavy atom. The van der Waals surface area contributed by atoms with Gasteiger partial charge in [0.2, 0.25) is 0 Å². The second-order valence-electron chi connectivity index (χ2n) is 8.91. The van der Waals surface area contributed by atoms with E-state index in [0.717, 1.165) is 50.2 Å². The summed E-state index contributed by atoms with van der Waals surface area (Å²) in [5, 5.41) is 17.1. The van der Waals surface area contributed by atoms with E-state index in [4.69, 9.17) is 21.4 Å². The molecular weight excluding hydrogens is 472 g/mol. The number of aromatic nitrogens is 2. The third kappa shape index (κ3) is 4.58. The Morgan fingerprint density at radius 1 is 0.917 bits per heavy atom. The Labute approximate surface area is 214 Å². The van der Waals surface area contributed by atoms with Crippen molar-refractivity contribution in [2.24, 2.45) is 0 Å². The van der Waals surface area contributed by atoms with Crippen LogP contribution in [0.3, 0.4) is 0 Å². The number of fused-ring (bicyclic) bond motifs is 1. The van der Waals surface area contributed by atoms with Crippen molar-refractivity contribution in [3.63, 3.8) is 0 Å². The average molecular weight is 497 g/mol. The highest BCUT2D eigenvalue weighted by Gasteiger charge is 2.19. The normalized spacial score (nSPS) is 12.0. The van der Waals surface area contributed by atoms with Gasteiger partial charge in [0.25, 0.3) is 0 Å². The predicted octanol–water partition coefficient (Wildman–Crippen LogP) is 7.65. The smallest absolute Gasteiger partial charge is 0.335 e. The molecule has 36 heavy (non-hydrogen) atoms. The fourth-order valence-electron chi connectivity index (χ4n) is 4.49. The molecule has 4 aromatic carbocycles. The van der Waals surface area contributed by atoms with Crippen molar-refractivity contribution < 1.29 is 14.6 Å². The standard InChI is InChI=1S/C30H25ClN2O3/c1-18-12-25(15-26(31)13-18)28-17-29(24-9-8-23-16-27(36-3)11-10-22(23)14-24)33(32-28)19(2)20-4-6-21(7-5-20)30(34)35/h4-17,19H,1-3H3,(H,34,35)/t19-/m0/s1. The number of aryl methyl sites for hydroxylation is 1. The fraction of sp³-hybridized carbons (Fsp3) is 0.133. The summed E-state index contributed by atoms with van der Waals surface area (Å²) < 4.78 is 7.36. The van der Waals surface area contributed by atoms with Gasteiger partial charge in [-0.1, -0.05) is 41.9 Å². The molecule has 5 rings (SSSR count). The third-order valence-corrected chi connectivity index (χ3v) is 6.64. The molecule has 0 aliphatic heterocycles. The number of nitrogens with zero attached hydrogens (tertiary/aromatic N) is 2. The lowest BCUT2D eigenvalue weighted by molar-refractivity contribution is 0.0697. The van der Waals surface area contributed by atoms with Gasteiger partial charge >= 0.3 is 5.97 Å². The zero-order valence-electron chi connectivity index (χ0n) is 20.2. The quantitative estimate of drug-likeness (QED) is 0.262. The molecule has 6 heteroatoms. The van der Waals surface area contributed by atoms with E-state index in [-0.39, 0.29) is 11.6 Å². The maximum absolute atomic E-state index is 11.3. The zero-order chi connectivity index (χ0) is 25.4. The highest BCUT2D eigenvalue weighted by Crippen LogP contribution is 2.34. The minimum atomic E-state index is -0.944. The first-order valence-electron chi connectivity index (χ1n) is 11.6. The summed E-state index contributed by atoms with van der Waals surface area (Å²) in [6.07, 6.45) is 0. The van der Waals surface area contributed by atoms with Crippen LogP contribution in [-0.2, 0) is 0 Å². The summed E-state index contributed by atoms with van der Waals surface area (Å²) in [5.74, 6) is -0.127. The number of carbonyl (C=O) groups is 1. The van der Waals surface area contributed by atoms with Gasteiger partial charge < -0.3 is 9.84 Å². The summed E-state index contributed by atoms with van der Waals surface area (Å²) in [4.78, 5) is 11.3. The molecule has 180 valence electrons. The van der Waals surface area contributed by atoms with E-state index in [9.17, 15) is 9.90 Å². The van der Waals surface area contributed by atoms with Crippen molar-refractivity contribution in [3.8, 4) is 28.3 Å². The van der Waals surface area contributed by atoms with Gasteiger partial charge in [-0.15, -0.1) is 0 Å². The van der Waals surface area contributed by atoms with E-state index in [1.54, 1.807) is 19.2 Å². The molecule has 0 saturated heterocycles. The number of hydrogen-bond donors (Lipinski definition) is 1. The van der Waals surface area contributed by atoms with E-state index in [0.29, 0.717) is 5.02 Å². The molecule has 5 aromatic rings. The molecule has 0 fully saturated rings. The van der Waals surface area contributed by atoms with Crippen LogP contribution in [0.15, 0.2) is 84.9 Å². The number of rotatable bonds is 6. The number of methoxy groups -OCH3 is 1. The minimum Gasteiger partial charge on any atom is -0.497 e. The summed E-state index contributed by atoms with van der Waals surface area (Å²) in [6.45, 7) is 4.07. The van der Waals surface area contributed by atoms with Gasteiger partial charge in [0.1, 0.15) is 5.75 Å². The van der Waals surface area contributed by atoms with Crippen LogP contribution in [-0.4, -0.2) is 28.0 Å². The maximum atomic E-state index is 11.3. The third-order valence-electron chi connectivity index (χ3n) is 6.42. The summed E-state index contributed by atoms with van der Waals surface area (Å²) in [5.41, 5.74) is 6.02. The SMILES string of the molecule is COc1ccc2cc(-c3cc(-c4cc(C)cc(Cl)c4)nn3[C@@H](C)c3ccc(C(=O)O)cc3)ccc2c1. The number of ether oxygens (including phenoxy) is 1. The summed E-state index contributed by atoms with van der Waals surface area (Å²) in [7, 11) is 1.66. The van der Waals surface area contributed by atoms with Crippen molar-refractivity contribution in [1.82, 2.24) is 9.78 Å². The molecule has 1 atom stereocenters. The van der Waals surface area contributed by atoms with Crippen molar-refractivity contribution >= 4 is 28.3 Å². The van der Waals surface area contributed by atoms with Crippen LogP contribution in [0.4, 0.5) is 0 Å². The Balaban J connectivity index is 1.65. The van der Waals surface area contributed by atoms with Gasteiger partial charge in [-0.3, -0.25) is 4.68 Å². The average Bonchev–Trinajstić information content (AvgIpc) is 3.33. The molecule has 1 heterocycles. The largest absolute Gasteiger partial charge is 0.497 e. The Morgan fingerprint density at radius 2 is 1.64 bits per heavy atom. The highest BCUT2D eigenvalue weighted by atomic mass is 35.5. The number of benzene rings is 4. The maximum Gasteiger partial charge on any atom is 0.335 e. The van der Waals surface area contributed by atoms with Gasteiger partial charge in [0.15, 0.2) is 0 Å². The Kier molecular flexibility index (Phi) is 6.25. The van der Waals surface area contributed by atoms with E-state index in [1.807, 2.05) is 54.1 Å². The van der Waals surface area contributed by atoms with E-state index in [1.165, 1.54) is 0 Å². The fourth-order valence-corrected chi connectivity index (χ4v) is 4.78. The van der Waals surface area contributed by atoms with Crippen LogP contribution in [0.1, 0.15) is 34.5 Å². The highest BCUT2D eigenvalue weighted by molar-refractivity contribution is 6.30. The molecular formula is C30H25ClN2O3. The van der Waals surface area contributed by atoms with Crippen LogP contribution in [0.2, 0.25) is 5.02 Å². The first-order valence-corrected chi connectivity index (χ1v) is 12.0. The summed E-state index contributed by atoms with van der Waals surface area (Å²) in [6, 6.07) is 27.1. The van der Waals surface area contributed by atoms with Crippen molar-refractivity contribution in [2.45, 2.75) is 19.9 Å². The first kappa shape index (κ1) is 23.6. The molecule has 0 bridgehead atoms. The lowest BCUT2D eigenvalue weighted by atomic mass is 10.0. The molecule has 1 N–H and O–H groups in total. The molecule has 0 saturated carbocycles. The minimum absolute atomic E-state index is 0.136. The second kappa shape index (κ2) is 9.51. The second-order valence-corrected chi connectivity index (χ2v) is 9.34. The van der Waals surface area contributed by atoms with E-state index in [2.05, 4.69) is 37.3 Å². The molecule has 1 aromatic heterocycles. The number of aromatic carboxylic acids is 1. The molecule has 0 amide bonds. The van der Waals surface area contributed by atoms with Crippen LogP contribution in [0.25, 0.3) is 33.3 Å². The van der Waals surface area contributed by atoms with Gasteiger partial charge in [-0.2, -0.15) is 5.10 Å². The van der Waals surface area contributed by atoms with Crippen molar-refractivity contribution in [1.29, 1.82) is 0 Å². The number of hydrogen-bond acceptors (Lipinski definition) is 3.